The Labute approximate surface area is 194 Å². The van der Waals surface area contributed by atoms with E-state index >= 15 is 0 Å². The molecule has 3 amide bonds. The molecule has 168 valence electrons. The Balaban J connectivity index is 1.87. The van der Waals surface area contributed by atoms with Crippen LogP contribution in [0.3, 0.4) is 0 Å². The maximum atomic E-state index is 13.2. The lowest BCUT2D eigenvalue weighted by atomic mass is 10.1. The molecule has 0 spiro atoms. The van der Waals surface area contributed by atoms with E-state index in [2.05, 4.69) is 10.7 Å². The zero-order valence-corrected chi connectivity index (χ0v) is 19.1. The Bertz CT molecular complexity index is 1020. The van der Waals surface area contributed by atoms with E-state index in [0.29, 0.717) is 22.7 Å². The molecule has 1 unspecified atom stereocenters. The van der Waals surface area contributed by atoms with Crippen molar-refractivity contribution in [2.45, 2.75) is 26.3 Å². The van der Waals surface area contributed by atoms with E-state index in [9.17, 15) is 19.2 Å². The first-order valence-corrected chi connectivity index (χ1v) is 11.2. The summed E-state index contributed by atoms with van der Waals surface area (Å²) >= 11 is 6.73. The number of rotatable bonds is 8. The van der Waals surface area contributed by atoms with Gasteiger partial charge in [-0.2, -0.15) is 0 Å². The second kappa shape index (κ2) is 10.3. The van der Waals surface area contributed by atoms with Crippen molar-refractivity contribution in [3.8, 4) is 0 Å². The molecule has 0 aliphatic carbocycles. The summed E-state index contributed by atoms with van der Waals surface area (Å²) in [7, 11) is 0. The van der Waals surface area contributed by atoms with Gasteiger partial charge in [0.2, 0.25) is 11.0 Å². The summed E-state index contributed by atoms with van der Waals surface area (Å²) in [4.78, 5) is 51.6. The number of carbonyl (C=O) groups excluding carboxylic acids is 4. The summed E-state index contributed by atoms with van der Waals surface area (Å²) in [6.45, 7) is 4.13. The fourth-order valence-corrected chi connectivity index (χ4v) is 4.10. The summed E-state index contributed by atoms with van der Waals surface area (Å²) in [6.07, 6.45) is -0.186. The van der Waals surface area contributed by atoms with E-state index in [-0.39, 0.29) is 24.0 Å². The molecule has 2 heterocycles. The van der Waals surface area contributed by atoms with Crippen LogP contribution in [0.1, 0.15) is 40.3 Å². The molecular weight excluding hydrogens is 452 g/mol. The molecule has 0 radical (unpaired) electrons. The Morgan fingerprint density at radius 1 is 1.16 bits per heavy atom. The van der Waals surface area contributed by atoms with Gasteiger partial charge in [-0.05, 0) is 61.8 Å². The normalized spacial score (nSPS) is 15.6. The van der Waals surface area contributed by atoms with Crippen LogP contribution in [0.2, 0.25) is 0 Å². The maximum Gasteiger partial charge on any atom is 0.338 e. The molecule has 32 heavy (non-hydrogen) atoms. The molecule has 1 atom stereocenters. The fraction of sp³-hybridized carbons (Fsp3) is 0.286. The van der Waals surface area contributed by atoms with Crippen LogP contribution < -0.4 is 15.6 Å². The van der Waals surface area contributed by atoms with E-state index in [4.69, 9.17) is 17.0 Å². The number of anilines is 1. The second-order valence-corrected chi connectivity index (χ2v) is 8.00. The number of hydrogen-bond acceptors (Lipinski definition) is 7. The number of esters is 1. The van der Waals surface area contributed by atoms with Crippen LogP contribution in [-0.2, 0) is 14.3 Å². The lowest BCUT2D eigenvalue weighted by Gasteiger charge is -2.24. The molecular formula is C21H22N4O5S2. The monoisotopic (exact) mass is 474 g/mol. The highest BCUT2D eigenvalue weighted by molar-refractivity contribution is 7.80. The molecule has 0 bridgehead atoms. The standard InChI is InChI=1S/C21H22N4O5S2/c1-3-22-17(26)12-15-19(28)24(14-9-7-13(8-10-14)20(29)30-4-2)21(31)25(15)23-18(27)16-6-5-11-32-16/h5-11,15H,3-4,12H2,1-2H3,(H,22,26)(H,23,27). The van der Waals surface area contributed by atoms with Gasteiger partial charge in [0.15, 0.2) is 0 Å². The Morgan fingerprint density at radius 2 is 1.88 bits per heavy atom. The van der Waals surface area contributed by atoms with Crippen LogP contribution in [-0.4, -0.2) is 53.0 Å². The maximum absolute atomic E-state index is 13.2. The van der Waals surface area contributed by atoms with Crippen molar-refractivity contribution >= 4 is 58.0 Å². The number of amides is 3. The molecule has 11 heteroatoms. The third-order valence-electron chi connectivity index (χ3n) is 4.57. The first-order chi connectivity index (χ1) is 15.4. The minimum absolute atomic E-state index is 0.0260. The van der Waals surface area contributed by atoms with Crippen LogP contribution in [0, 0.1) is 0 Å². The van der Waals surface area contributed by atoms with Gasteiger partial charge in [0.25, 0.3) is 11.8 Å². The van der Waals surface area contributed by atoms with Crippen LogP contribution in [0.25, 0.3) is 0 Å². The first kappa shape index (κ1) is 23.4. The molecule has 1 aliphatic rings. The number of hydrogen-bond donors (Lipinski definition) is 2. The highest BCUT2D eigenvalue weighted by Crippen LogP contribution is 2.27. The Morgan fingerprint density at radius 3 is 2.47 bits per heavy atom. The predicted octanol–water partition coefficient (Wildman–Crippen LogP) is 2.10. The van der Waals surface area contributed by atoms with Crippen molar-refractivity contribution in [2.24, 2.45) is 0 Å². The number of ether oxygens (including phenoxy) is 1. The topological polar surface area (TPSA) is 108 Å². The van der Waals surface area contributed by atoms with E-state index in [1.54, 1.807) is 43.5 Å². The second-order valence-electron chi connectivity index (χ2n) is 6.69. The lowest BCUT2D eigenvalue weighted by Crippen LogP contribution is -2.50. The van der Waals surface area contributed by atoms with Gasteiger partial charge in [-0.15, -0.1) is 11.3 Å². The van der Waals surface area contributed by atoms with Crippen molar-refractivity contribution in [1.82, 2.24) is 15.8 Å². The third kappa shape index (κ3) is 4.94. The first-order valence-electron chi connectivity index (χ1n) is 9.92. The number of thiocarbonyl (C=S) groups is 1. The van der Waals surface area contributed by atoms with Gasteiger partial charge in [-0.25, -0.2) is 9.80 Å². The summed E-state index contributed by atoms with van der Waals surface area (Å²) in [5, 5.41) is 5.68. The SMILES string of the molecule is CCNC(=O)CC1C(=O)N(c2ccc(C(=O)OCC)cc2)C(=S)N1NC(=O)c1cccs1. The van der Waals surface area contributed by atoms with Crippen molar-refractivity contribution in [1.29, 1.82) is 0 Å². The van der Waals surface area contributed by atoms with Gasteiger partial charge in [0.1, 0.15) is 6.04 Å². The molecule has 1 saturated heterocycles. The quantitative estimate of drug-likeness (QED) is 0.446. The predicted molar refractivity (Wildman–Crippen MR) is 123 cm³/mol. The molecule has 3 rings (SSSR count). The van der Waals surface area contributed by atoms with Crippen LogP contribution in [0.4, 0.5) is 5.69 Å². The van der Waals surface area contributed by atoms with Gasteiger partial charge in [0.05, 0.1) is 29.2 Å². The third-order valence-corrected chi connectivity index (χ3v) is 5.82. The zero-order valence-electron chi connectivity index (χ0n) is 17.5. The number of nitrogens with one attached hydrogen (secondary N) is 2. The van der Waals surface area contributed by atoms with Gasteiger partial charge in [0, 0.05) is 6.54 Å². The molecule has 1 aromatic heterocycles. The molecule has 1 fully saturated rings. The summed E-state index contributed by atoms with van der Waals surface area (Å²) in [5.41, 5.74) is 3.39. The number of nitrogens with zero attached hydrogens (tertiary/aromatic N) is 2. The summed E-state index contributed by atoms with van der Waals surface area (Å²) in [5.74, 6) is -1.72. The van der Waals surface area contributed by atoms with E-state index < -0.39 is 23.8 Å². The average molecular weight is 475 g/mol. The molecule has 2 N–H and O–H groups in total. The van der Waals surface area contributed by atoms with Crippen molar-refractivity contribution in [3.63, 3.8) is 0 Å². The highest BCUT2D eigenvalue weighted by Gasteiger charge is 2.45. The number of carbonyl (C=O) groups is 4. The van der Waals surface area contributed by atoms with Crippen LogP contribution in [0.15, 0.2) is 41.8 Å². The molecule has 1 aliphatic heterocycles. The molecule has 9 nitrogen and oxygen atoms in total. The number of benzene rings is 1. The van der Waals surface area contributed by atoms with Crippen LogP contribution in [0.5, 0.6) is 0 Å². The van der Waals surface area contributed by atoms with Gasteiger partial charge < -0.3 is 10.1 Å². The molecule has 0 saturated carbocycles. The number of thiophene rings is 1. The fourth-order valence-electron chi connectivity index (χ4n) is 3.12. The zero-order chi connectivity index (χ0) is 23.3. The van der Waals surface area contributed by atoms with Gasteiger partial charge in [-0.3, -0.25) is 24.7 Å². The minimum Gasteiger partial charge on any atom is -0.462 e. The van der Waals surface area contributed by atoms with Crippen LogP contribution >= 0.6 is 23.6 Å². The smallest absolute Gasteiger partial charge is 0.338 e. The Kier molecular flexibility index (Phi) is 7.54. The van der Waals surface area contributed by atoms with Crippen molar-refractivity contribution < 1.29 is 23.9 Å². The van der Waals surface area contributed by atoms with Crippen molar-refractivity contribution in [2.75, 3.05) is 18.1 Å². The summed E-state index contributed by atoms with van der Waals surface area (Å²) in [6, 6.07) is 8.53. The molecule has 2 aromatic rings. The molecule has 1 aromatic carbocycles. The summed E-state index contributed by atoms with van der Waals surface area (Å²) < 4.78 is 4.97. The highest BCUT2D eigenvalue weighted by atomic mass is 32.1. The minimum atomic E-state index is -1.01. The average Bonchev–Trinajstić information content (AvgIpc) is 3.38. The van der Waals surface area contributed by atoms with E-state index in [0.717, 1.165) is 0 Å². The number of hydrazine groups is 1. The lowest BCUT2D eigenvalue weighted by molar-refractivity contribution is -0.127. The van der Waals surface area contributed by atoms with E-state index in [1.807, 2.05) is 0 Å². The van der Waals surface area contributed by atoms with Gasteiger partial charge >= 0.3 is 5.97 Å². The largest absolute Gasteiger partial charge is 0.462 e. The van der Waals surface area contributed by atoms with E-state index in [1.165, 1.54) is 33.4 Å². The Hall–Kier alpha value is -3.31. The van der Waals surface area contributed by atoms with Gasteiger partial charge in [-0.1, -0.05) is 6.07 Å². The van der Waals surface area contributed by atoms with Crippen molar-refractivity contribution in [3.05, 3.63) is 52.2 Å².